The van der Waals surface area contributed by atoms with Crippen LogP contribution in [0.2, 0.25) is 10.0 Å². The summed E-state index contributed by atoms with van der Waals surface area (Å²) in [4.78, 5) is 27.3. The molecule has 7 nitrogen and oxygen atoms in total. The predicted molar refractivity (Wildman–Crippen MR) is 111 cm³/mol. The minimum absolute atomic E-state index is 0.118. The van der Waals surface area contributed by atoms with Gasteiger partial charge in [-0.1, -0.05) is 41.4 Å². The molecule has 3 rings (SSSR count). The van der Waals surface area contributed by atoms with Crippen molar-refractivity contribution in [2.75, 3.05) is 42.9 Å². The number of nitrogens with zero attached hydrogens (tertiary/aromatic N) is 3. The van der Waals surface area contributed by atoms with E-state index in [2.05, 4.69) is 10.2 Å². The van der Waals surface area contributed by atoms with Crippen molar-refractivity contribution in [1.82, 2.24) is 4.90 Å². The average Bonchev–Trinajstić information content (AvgIpc) is 2.69. The van der Waals surface area contributed by atoms with E-state index < -0.39 is 0 Å². The van der Waals surface area contributed by atoms with E-state index in [1.165, 1.54) is 6.07 Å². The van der Waals surface area contributed by atoms with Crippen LogP contribution in [0.3, 0.4) is 0 Å². The van der Waals surface area contributed by atoms with Gasteiger partial charge in [-0.15, -0.1) is 0 Å². The molecule has 2 aromatic rings. The minimum Gasteiger partial charge on any atom is -0.363 e. The fourth-order valence-electron chi connectivity index (χ4n) is 3.18. The van der Waals surface area contributed by atoms with Gasteiger partial charge in [0.1, 0.15) is 5.69 Å². The van der Waals surface area contributed by atoms with Crippen molar-refractivity contribution in [2.45, 2.75) is 6.42 Å². The summed E-state index contributed by atoms with van der Waals surface area (Å²) in [5.74, 6) is -0.156. The number of rotatable bonds is 6. The number of hydrogen-bond acceptors (Lipinski definition) is 5. The fraction of sp³-hybridized carbons (Fsp3) is 0.316. The van der Waals surface area contributed by atoms with Crippen molar-refractivity contribution in [3.8, 4) is 0 Å². The average molecular weight is 423 g/mol. The number of hydrogen-bond donors (Lipinski definition) is 1. The van der Waals surface area contributed by atoms with Gasteiger partial charge in [-0.2, -0.15) is 0 Å². The molecule has 0 bridgehead atoms. The normalized spacial score (nSPS) is 14.7. The van der Waals surface area contributed by atoms with E-state index >= 15 is 0 Å². The van der Waals surface area contributed by atoms with Crippen LogP contribution in [0, 0.1) is 10.1 Å². The Morgan fingerprint density at radius 2 is 1.68 bits per heavy atom. The zero-order valence-electron chi connectivity index (χ0n) is 15.1. The van der Waals surface area contributed by atoms with Crippen molar-refractivity contribution < 1.29 is 9.72 Å². The zero-order chi connectivity index (χ0) is 20.1. The van der Waals surface area contributed by atoms with Crippen molar-refractivity contribution in [2.24, 2.45) is 0 Å². The first-order valence-corrected chi connectivity index (χ1v) is 9.66. The highest BCUT2D eigenvalue weighted by molar-refractivity contribution is 6.39. The summed E-state index contributed by atoms with van der Waals surface area (Å²) in [7, 11) is 0. The lowest BCUT2D eigenvalue weighted by molar-refractivity contribution is -0.384. The molecule has 0 saturated carbocycles. The van der Waals surface area contributed by atoms with Crippen LogP contribution >= 0.6 is 23.2 Å². The molecule has 1 fully saturated rings. The van der Waals surface area contributed by atoms with E-state index in [4.69, 9.17) is 23.2 Å². The monoisotopic (exact) mass is 422 g/mol. The van der Waals surface area contributed by atoms with Crippen LogP contribution in [0.4, 0.5) is 17.1 Å². The molecule has 28 heavy (non-hydrogen) atoms. The lowest BCUT2D eigenvalue weighted by Gasteiger charge is -2.35. The smallest absolute Gasteiger partial charge is 0.292 e. The maximum Gasteiger partial charge on any atom is 0.292 e. The Kier molecular flexibility index (Phi) is 6.72. The largest absolute Gasteiger partial charge is 0.363 e. The van der Waals surface area contributed by atoms with Gasteiger partial charge in [0.2, 0.25) is 5.91 Å². The summed E-state index contributed by atoms with van der Waals surface area (Å²) in [5, 5.41) is 14.8. The van der Waals surface area contributed by atoms with Gasteiger partial charge in [-0.3, -0.25) is 19.8 Å². The Balaban J connectivity index is 1.50. The number of benzene rings is 2. The predicted octanol–water partition coefficient (Wildman–Crippen LogP) is 4.05. The number of nitrogens with one attached hydrogen (secondary N) is 1. The van der Waals surface area contributed by atoms with E-state index in [-0.39, 0.29) is 16.5 Å². The molecule has 0 radical (unpaired) electrons. The number of anilines is 2. The second-order valence-electron chi connectivity index (χ2n) is 6.47. The van der Waals surface area contributed by atoms with Gasteiger partial charge in [0.05, 0.1) is 20.7 Å². The number of nitro benzene ring substituents is 1. The number of halogens is 2. The number of carbonyl (C=O) groups excluding carboxylic acids is 1. The van der Waals surface area contributed by atoms with Gasteiger partial charge in [0.15, 0.2) is 0 Å². The molecule has 1 aliphatic rings. The van der Waals surface area contributed by atoms with Gasteiger partial charge >= 0.3 is 0 Å². The van der Waals surface area contributed by atoms with Gasteiger partial charge in [0, 0.05) is 45.2 Å². The molecule has 1 amide bonds. The standard InChI is InChI=1S/C19H20Cl2N4O3/c20-14-4-3-5-15(21)19(14)22-18(26)8-9-23-10-12-24(13-11-23)16-6-1-2-7-17(16)25(27)28/h1-7H,8-13H2,(H,22,26). The third-order valence-corrected chi connectivity index (χ3v) is 5.30. The Hall–Kier alpha value is -2.35. The van der Waals surface area contributed by atoms with Crippen LogP contribution in [0.25, 0.3) is 0 Å². The van der Waals surface area contributed by atoms with Crippen molar-refractivity contribution in [3.63, 3.8) is 0 Å². The summed E-state index contributed by atoms with van der Waals surface area (Å²) in [6.45, 7) is 3.39. The second-order valence-corrected chi connectivity index (χ2v) is 7.28. The molecule has 0 atom stereocenters. The molecular weight excluding hydrogens is 403 g/mol. The van der Waals surface area contributed by atoms with Crippen LogP contribution in [-0.4, -0.2) is 48.5 Å². The van der Waals surface area contributed by atoms with Crippen molar-refractivity contribution >= 4 is 46.2 Å². The number of nitro groups is 1. The van der Waals surface area contributed by atoms with E-state index in [9.17, 15) is 14.9 Å². The Bertz CT molecular complexity index is 850. The third kappa shape index (κ3) is 4.92. The van der Waals surface area contributed by atoms with Crippen LogP contribution in [-0.2, 0) is 4.79 Å². The molecule has 2 aromatic carbocycles. The number of amides is 1. The van der Waals surface area contributed by atoms with Crippen LogP contribution in [0.5, 0.6) is 0 Å². The van der Waals surface area contributed by atoms with E-state index in [0.717, 1.165) is 13.1 Å². The summed E-state index contributed by atoms with van der Waals surface area (Å²) in [6, 6.07) is 11.8. The van der Waals surface area contributed by atoms with Gasteiger partial charge < -0.3 is 10.2 Å². The SMILES string of the molecule is O=C(CCN1CCN(c2ccccc2[N+](=O)[O-])CC1)Nc1c(Cl)cccc1Cl. The van der Waals surface area contributed by atoms with E-state index in [1.54, 1.807) is 36.4 Å². The summed E-state index contributed by atoms with van der Waals surface area (Å²) < 4.78 is 0. The summed E-state index contributed by atoms with van der Waals surface area (Å²) >= 11 is 12.1. The molecule has 1 saturated heterocycles. The van der Waals surface area contributed by atoms with Crippen molar-refractivity contribution in [1.29, 1.82) is 0 Å². The van der Waals surface area contributed by atoms with E-state index in [0.29, 0.717) is 47.5 Å². The first-order valence-electron chi connectivity index (χ1n) is 8.90. The maximum atomic E-state index is 12.2. The Labute approximate surface area is 173 Å². The molecule has 0 aromatic heterocycles. The highest BCUT2D eigenvalue weighted by atomic mass is 35.5. The van der Waals surface area contributed by atoms with Gasteiger partial charge in [-0.25, -0.2) is 0 Å². The Morgan fingerprint density at radius 1 is 1.04 bits per heavy atom. The van der Waals surface area contributed by atoms with Crippen LogP contribution < -0.4 is 10.2 Å². The lowest BCUT2D eigenvalue weighted by atomic mass is 10.2. The van der Waals surface area contributed by atoms with Gasteiger partial charge in [0.25, 0.3) is 5.69 Å². The Morgan fingerprint density at radius 3 is 2.32 bits per heavy atom. The number of piperazine rings is 1. The topological polar surface area (TPSA) is 78.7 Å². The maximum absolute atomic E-state index is 12.2. The molecular formula is C19H20Cl2N4O3. The molecule has 0 spiro atoms. The second kappa shape index (κ2) is 9.23. The molecule has 9 heteroatoms. The summed E-state index contributed by atoms with van der Waals surface area (Å²) in [5.41, 5.74) is 1.18. The molecule has 1 aliphatic heterocycles. The third-order valence-electron chi connectivity index (χ3n) is 4.67. The molecule has 1 N–H and O–H groups in total. The summed E-state index contributed by atoms with van der Waals surface area (Å²) in [6.07, 6.45) is 0.313. The quantitative estimate of drug-likeness (QED) is 0.560. The molecule has 1 heterocycles. The highest BCUT2D eigenvalue weighted by Crippen LogP contribution is 2.30. The number of carbonyl (C=O) groups is 1. The molecule has 0 aliphatic carbocycles. The molecule has 0 unspecified atom stereocenters. The van der Waals surface area contributed by atoms with Gasteiger partial charge in [-0.05, 0) is 18.2 Å². The van der Waals surface area contributed by atoms with E-state index in [1.807, 2.05) is 4.90 Å². The number of para-hydroxylation sites is 3. The molecule has 148 valence electrons. The van der Waals surface area contributed by atoms with Crippen LogP contribution in [0.1, 0.15) is 6.42 Å². The first-order chi connectivity index (χ1) is 13.5. The lowest BCUT2D eigenvalue weighted by Crippen LogP contribution is -2.47. The zero-order valence-corrected chi connectivity index (χ0v) is 16.6. The van der Waals surface area contributed by atoms with Crippen molar-refractivity contribution in [3.05, 3.63) is 62.6 Å². The fourth-order valence-corrected chi connectivity index (χ4v) is 3.67. The highest BCUT2D eigenvalue weighted by Gasteiger charge is 2.23. The van der Waals surface area contributed by atoms with Crippen LogP contribution in [0.15, 0.2) is 42.5 Å². The first kappa shape index (κ1) is 20.4. The minimum atomic E-state index is -0.355.